The smallest absolute Gasteiger partial charge is 0.261 e. The first-order valence-electron chi connectivity index (χ1n) is 10.9. The van der Waals surface area contributed by atoms with E-state index in [0.717, 1.165) is 43.9 Å². The van der Waals surface area contributed by atoms with Crippen LogP contribution in [-0.4, -0.2) is 81.2 Å². The predicted molar refractivity (Wildman–Crippen MR) is 127 cm³/mol. The molecule has 0 aliphatic carbocycles. The van der Waals surface area contributed by atoms with Crippen LogP contribution in [0.15, 0.2) is 30.3 Å². The van der Waals surface area contributed by atoms with Gasteiger partial charge in [-0.2, -0.15) is 0 Å². The zero-order chi connectivity index (χ0) is 22.8. The maximum absolute atomic E-state index is 13.1. The van der Waals surface area contributed by atoms with Crippen molar-refractivity contribution in [3.8, 4) is 0 Å². The number of hydrogen-bond acceptors (Lipinski definition) is 5. The minimum Gasteiger partial charge on any atom is -0.346 e. The highest BCUT2D eigenvalue weighted by atomic mass is 32.1. The maximum atomic E-state index is 13.1. The lowest BCUT2D eigenvalue weighted by Gasteiger charge is -2.23. The van der Waals surface area contributed by atoms with Gasteiger partial charge in [0, 0.05) is 43.9 Å². The minimum absolute atomic E-state index is 0.0393. The lowest BCUT2D eigenvalue weighted by Crippen LogP contribution is -2.37. The van der Waals surface area contributed by atoms with Crippen molar-refractivity contribution in [1.29, 1.82) is 0 Å². The fourth-order valence-electron chi connectivity index (χ4n) is 4.26. The molecule has 2 saturated heterocycles. The first-order valence-corrected chi connectivity index (χ1v) is 11.7. The molecule has 0 bridgehead atoms. The van der Waals surface area contributed by atoms with Gasteiger partial charge in [0.05, 0.1) is 10.9 Å². The molecule has 1 N–H and O–H groups in total. The normalized spacial score (nSPS) is 19.8. The van der Waals surface area contributed by atoms with E-state index in [2.05, 4.69) is 17.3 Å². The van der Waals surface area contributed by atoms with Crippen LogP contribution < -0.4 is 15.0 Å². The Bertz CT molecular complexity index is 1040. The molecule has 7 nitrogen and oxygen atoms in total. The van der Waals surface area contributed by atoms with Gasteiger partial charge in [-0.1, -0.05) is 6.07 Å². The fraction of sp³-hybridized carbons (Fsp3) is 0.435. The van der Waals surface area contributed by atoms with Crippen LogP contribution in [0.3, 0.4) is 0 Å². The van der Waals surface area contributed by atoms with Gasteiger partial charge in [-0.3, -0.25) is 14.4 Å². The topological polar surface area (TPSA) is 73.0 Å². The van der Waals surface area contributed by atoms with Gasteiger partial charge < -0.3 is 20.0 Å². The molecule has 0 spiro atoms. The lowest BCUT2D eigenvalue weighted by atomic mass is 10.1. The van der Waals surface area contributed by atoms with E-state index in [1.807, 2.05) is 30.0 Å². The van der Waals surface area contributed by atoms with E-state index in [9.17, 15) is 14.4 Å². The number of thiophene rings is 1. The number of rotatable bonds is 4. The lowest BCUT2D eigenvalue weighted by molar-refractivity contribution is -0.117. The summed E-state index contributed by atoms with van der Waals surface area (Å²) in [6.07, 6.45) is 1.21. The number of nitrogens with one attached hydrogen (secondary N) is 1. The number of anilines is 1. The van der Waals surface area contributed by atoms with E-state index in [0.29, 0.717) is 21.8 Å². The maximum Gasteiger partial charge on any atom is 0.261 e. The fourth-order valence-corrected chi connectivity index (χ4v) is 4.94. The average molecular weight is 450 g/mol. The minimum atomic E-state index is -0.269. The number of hydrogen-bond donors (Lipinski definition) is 1. The summed E-state index contributed by atoms with van der Waals surface area (Å²) in [6.45, 7) is 5.65. The highest BCUT2D eigenvalue weighted by Gasteiger charge is 2.32. The average Bonchev–Trinajstić information content (AvgIpc) is 3.28. The number of nitrogens with zero attached hydrogens (tertiary/aromatic N) is 3. The van der Waals surface area contributed by atoms with Gasteiger partial charge in [-0.25, -0.2) is 0 Å². The molecule has 2 aromatic rings. The van der Waals surface area contributed by atoms with Crippen LogP contribution in [0.5, 0.6) is 0 Å². The van der Waals surface area contributed by atoms with Crippen LogP contribution in [0.4, 0.5) is 5.69 Å². The molecule has 32 heavy (non-hydrogen) atoms. The van der Waals surface area contributed by atoms with Crippen molar-refractivity contribution in [2.45, 2.75) is 25.8 Å². The second-order valence-electron chi connectivity index (χ2n) is 8.53. The Morgan fingerprint density at radius 1 is 1.12 bits per heavy atom. The number of benzene rings is 1. The van der Waals surface area contributed by atoms with Crippen molar-refractivity contribution >= 4 is 47.4 Å². The Kier molecular flexibility index (Phi) is 6.67. The van der Waals surface area contributed by atoms with Crippen LogP contribution in [0, 0.1) is 6.92 Å². The van der Waals surface area contributed by atoms with Crippen molar-refractivity contribution in [3.63, 3.8) is 0 Å². The van der Waals surface area contributed by atoms with Crippen molar-refractivity contribution in [1.82, 2.24) is 15.1 Å². The molecular weight excluding hydrogens is 423 g/mol. The Morgan fingerprint density at radius 3 is 2.66 bits per heavy atom. The van der Waals surface area contributed by atoms with E-state index < -0.39 is 0 Å². The van der Waals surface area contributed by atoms with Crippen molar-refractivity contribution in [2.24, 2.45) is 0 Å². The third kappa shape index (κ3) is 4.89. The summed E-state index contributed by atoms with van der Waals surface area (Å²) in [5.74, 6) is -0.223. The highest BCUT2D eigenvalue weighted by molar-refractivity contribution is 7.21. The Balaban J connectivity index is 1.42. The van der Waals surface area contributed by atoms with E-state index in [4.69, 9.17) is 7.85 Å². The highest BCUT2D eigenvalue weighted by Crippen LogP contribution is 2.25. The molecule has 1 aromatic heterocycles. The largest absolute Gasteiger partial charge is 0.346 e. The standard InChI is InChI=1S/C23H27BN4O3S/c1-15-12-17(4-5-18(15)23(31)27-9-3-8-26(2)10-11-27)28-14-16(13-21(28)29)25-22(30)19-6-7-20(24)32-19/h4-7,12,16H,3,8-11,13-14H2,1-2H3,(H,25,30). The van der Waals surface area contributed by atoms with Gasteiger partial charge in [0.25, 0.3) is 11.8 Å². The SMILES string of the molecule is [B]c1ccc(C(=O)NC2CC(=O)N(c3ccc(C(=O)N4CCCN(C)CC4)c(C)c3)C2)s1. The van der Waals surface area contributed by atoms with Gasteiger partial charge >= 0.3 is 0 Å². The van der Waals surface area contributed by atoms with Gasteiger partial charge in [0.15, 0.2) is 0 Å². The predicted octanol–water partition coefficient (Wildman–Crippen LogP) is 1.16. The van der Waals surface area contributed by atoms with E-state index in [1.54, 1.807) is 17.0 Å². The van der Waals surface area contributed by atoms with Crippen LogP contribution in [-0.2, 0) is 4.79 Å². The number of carbonyl (C=O) groups excluding carboxylic acids is 3. The van der Waals surface area contributed by atoms with Crippen LogP contribution in [0.25, 0.3) is 0 Å². The van der Waals surface area contributed by atoms with Crippen molar-refractivity contribution < 1.29 is 14.4 Å². The summed E-state index contributed by atoms with van der Waals surface area (Å²) in [4.78, 5) is 44.5. The zero-order valence-corrected chi connectivity index (χ0v) is 19.3. The summed E-state index contributed by atoms with van der Waals surface area (Å²) in [6, 6.07) is 8.64. The Hall–Kier alpha value is -2.65. The second-order valence-corrected chi connectivity index (χ2v) is 9.64. The molecule has 4 rings (SSSR count). The number of carbonyl (C=O) groups is 3. The van der Waals surface area contributed by atoms with Gasteiger partial charge in [0.2, 0.25) is 5.91 Å². The molecular formula is C23H27BN4O3S. The summed E-state index contributed by atoms with van der Waals surface area (Å²) in [5.41, 5.74) is 2.27. The molecule has 166 valence electrons. The van der Waals surface area contributed by atoms with Crippen LogP contribution in [0.2, 0.25) is 0 Å². The van der Waals surface area contributed by atoms with Gasteiger partial charge in [0.1, 0.15) is 7.85 Å². The first kappa shape index (κ1) is 22.5. The summed E-state index contributed by atoms with van der Waals surface area (Å²) < 4.78 is 0.580. The van der Waals surface area contributed by atoms with Crippen molar-refractivity contribution in [3.05, 3.63) is 46.3 Å². The molecule has 2 fully saturated rings. The molecule has 0 saturated carbocycles. The molecule has 1 atom stereocenters. The summed E-state index contributed by atoms with van der Waals surface area (Å²) in [5, 5.41) is 2.92. The monoisotopic (exact) mass is 450 g/mol. The Labute approximate surface area is 193 Å². The van der Waals surface area contributed by atoms with Crippen LogP contribution in [0.1, 0.15) is 38.4 Å². The second kappa shape index (κ2) is 9.46. The quantitative estimate of drug-likeness (QED) is 0.710. The molecule has 9 heteroatoms. The van der Waals surface area contributed by atoms with Crippen LogP contribution >= 0.6 is 11.3 Å². The molecule has 1 aromatic carbocycles. The molecule has 2 aliphatic rings. The van der Waals surface area contributed by atoms with Gasteiger partial charge in [-0.15, -0.1) is 11.3 Å². The zero-order valence-electron chi connectivity index (χ0n) is 18.5. The summed E-state index contributed by atoms with van der Waals surface area (Å²) >= 11 is 1.23. The molecule has 2 radical (unpaired) electrons. The Morgan fingerprint density at radius 2 is 1.94 bits per heavy atom. The van der Waals surface area contributed by atoms with E-state index in [1.165, 1.54) is 11.3 Å². The molecule has 3 amide bonds. The number of likely N-dealkylation sites (N-methyl/N-ethyl adjacent to an activating group) is 1. The van der Waals surface area contributed by atoms with Gasteiger partial charge in [-0.05, 0) is 61.5 Å². The third-order valence-electron chi connectivity index (χ3n) is 6.07. The molecule has 1 unspecified atom stereocenters. The molecule has 3 heterocycles. The molecule has 2 aliphatic heterocycles. The number of aryl methyl sites for hydroxylation is 1. The first-order chi connectivity index (χ1) is 15.3. The van der Waals surface area contributed by atoms with E-state index >= 15 is 0 Å². The third-order valence-corrected chi connectivity index (χ3v) is 6.98. The summed E-state index contributed by atoms with van der Waals surface area (Å²) in [7, 11) is 7.78. The van der Waals surface area contributed by atoms with E-state index in [-0.39, 0.29) is 30.2 Å². The number of amides is 3. The van der Waals surface area contributed by atoms with Crippen molar-refractivity contribution in [2.75, 3.05) is 44.7 Å².